The summed E-state index contributed by atoms with van der Waals surface area (Å²) in [6.45, 7) is 3.61. The number of unbranched alkanes of at least 4 members (excludes halogenated alkanes) is 15. The van der Waals surface area contributed by atoms with Gasteiger partial charge >= 0.3 is 0 Å². The average molecular weight is 788 g/mol. The molecule has 1 aliphatic rings. The maximum atomic E-state index is 12.9. The van der Waals surface area contributed by atoms with Crippen LogP contribution in [0.5, 0.6) is 0 Å². The van der Waals surface area contributed by atoms with Crippen LogP contribution < -0.4 is 5.32 Å². The fourth-order valence-electron chi connectivity index (χ4n) is 6.47. The zero-order chi connectivity index (χ0) is 40.9. The number of carbonyl (C=O) groups excluding carboxylic acids is 1. The molecule has 0 spiro atoms. The van der Waals surface area contributed by atoms with Gasteiger partial charge in [0.2, 0.25) is 5.91 Å². The molecular weight excluding hydrogens is 707 g/mol. The van der Waals surface area contributed by atoms with Crippen LogP contribution in [0.3, 0.4) is 0 Å². The molecule has 0 aromatic heterocycles. The number of aliphatic hydroxyl groups excluding tert-OH is 5. The third kappa shape index (κ3) is 27.3. The van der Waals surface area contributed by atoms with Crippen LogP contribution in [-0.4, -0.2) is 87.5 Å². The molecule has 56 heavy (non-hydrogen) atoms. The number of amides is 1. The molecular formula is C47H81NO8. The quantitative estimate of drug-likeness (QED) is 0.0276. The van der Waals surface area contributed by atoms with Crippen LogP contribution in [0.1, 0.15) is 162 Å². The largest absolute Gasteiger partial charge is 0.394 e. The number of hydrogen-bond acceptors (Lipinski definition) is 8. The fourth-order valence-corrected chi connectivity index (χ4v) is 6.47. The van der Waals surface area contributed by atoms with Crippen molar-refractivity contribution in [1.29, 1.82) is 0 Å². The van der Waals surface area contributed by atoms with Crippen molar-refractivity contribution in [3.8, 4) is 0 Å². The predicted molar refractivity (Wildman–Crippen MR) is 230 cm³/mol. The zero-order valence-corrected chi connectivity index (χ0v) is 35.1. The van der Waals surface area contributed by atoms with Crippen LogP contribution >= 0.6 is 0 Å². The molecule has 9 nitrogen and oxygen atoms in total. The molecule has 1 saturated heterocycles. The van der Waals surface area contributed by atoms with Crippen molar-refractivity contribution in [2.24, 2.45) is 0 Å². The van der Waals surface area contributed by atoms with E-state index in [0.29, 0.717) is 6.42 Å². The van der Waals surface area contributed by atoms with E-state index in [2.05, 4.69) is 79.9 Å². The standard InChI is InChI=1S/C47H81NO8/c1-3-5-7-9-11-13-15-17-18-19-20-21-22-23-24-25-27-29-31-33-35-37-43(51)48-40(39-55-47-46(54)45(53)44(52)42(38-49)56-47)41(50)36-34-32-30-28-26-16-14-12-10-8-6-4-2/h5,7,11,13,17-18,20-21,23-24,34,36,40-42,44-47,49-50,52-54H,3-4,6,8-10,12,14-16,19,22,25-33,35,37-39H2,1-2H3,(H,48,51)/b7-5-,13-11-,18-17-,21-20-,24-23-,36-34+. The van der Waals surface area contributed by atoms with Gasteiger partial charge in [-0.2, -0.15) is 0 Å². The summed E-state index contributed by atoms with van der Waals surface area (Å²) in [6, 6.07) is -0.817. The van der Waals surface area contributed by atoms with E-state index in [0.717, 1.165) is 89.9 Å². The lowest BCUT2D eigenvalue weighted by Crippen LogP contribution is -2.60. The van der Waals surface area contributed by atoms with Crippen molar-refractivity contribution in [2.45, 2.75) is 204 Å². The molecule has 7 unspecified atom stereocenters. The van der Waals surface area contributed by atoms with Gasteiger partial charge in [0.25, 0.3) is 0 Å². The van der Waals surface area contributed by atoms with Crippen molar-refractivity contribution in [3.05, 3.63) is 72.9 Å². The molecule has 322 valence electrons. The Bertz CT molecular complexity index is 1100. The second kappa shape index (κ2) is 36.9. The lowest BCUT2D eigenvalue weighted by atomic mass is 9.99. The highest BCUT2D eigenvalue weighted by Crippen LogP contribution is 2.22. The average Bonchev–Trinajstić information content (AvgIpc) is 3.20. The molecule has 0 aromatic carbocycles. The summed E-state index contributed by atoms with van der Waals surface area (Å²) in [7, 11) is 0. The minimum absolute atomic E-state index is 0.200. The van der Waals surface area contributed by atoms with Crippen LogP contribution in [0, 0.1) is 0 Å². The van der Waals surface area contributed by atoms with Gasteiger partial charge in [0.1, 0.15) is 24.4 Å². The van der Waals surface area contributed by atoms with E-state index < -0.39 is 49.5 Å². The topological polar surface area (TPSA) is 149 Å². The number of ether oxygens (including phenoxy) is 2. The Morgan fingerprint density at radius 1 is 0.625 bits per heavy atom. The Balaban J connectivity index is 2.38. The first-order valence-corrected chi connectivity index (χ1v) is 22.2. The van der Waals surface area contributed by atoms with Crippen LogP contribution in [0.2, 0.25) is 0 Å². The number of carbonyl (C=O) groups is 1. The van der Waals surface area contributed by atoms with Gasteiger partial charge in [0.05, 0.1) is 25.4 Å². The summed E-state index contributed by atoms with van der Waals surface area (Å²) < 4.78 is 11.2. The Morgan fingerprint density at radius 3 is 1.64 bits per heavy atom. The summed E-state index contributed by atoms with van der Waals surface area (Å²) in [4.78, 5) is 12.9. The molecule has 9 heteroatoms. The lowest BCUT2D eigenvalue weighted by molar-refractivity contribution is -0.302. The molecule has 0 radical (unpaired) electrons. The van der Waals surface area contributed by atoms with Crippen molar-refractivity contribution >= 4 is 5.91 Å². The van der Waals surface area contributed by atoms with Crippen molar-refractivity contribution < 1.29 is 39.8 Å². The van der Waals surface area contributed by atoms with E-state index in [1.807, 2.05) is 6.08 Å². The highest BCUT2D eigenvalue weighted by Gasteiger charge is 2.44. The Hall–Kier alpha value is -2.37. The summed E-state index contributed by atoms with van der Waals surface area (Å²) in [5.41, 5.74) is 0. The summed E-state index contributed by atoms with van der Waals surface area (Å²) >= 11 is 0. The minimum Gasteiger partial charge on any atom is -0.394 e. The third-order valence-corrected chi connectivity index (χ3v) is 10.0. The first-order chi connectivity index (χ1) is 27.3. The first-order valence-electron chi connectivity index (χ1n) is 22.2. The first kappa shape index (κ1) is 51.6. The van der Waals surface area contributed by atoms with E-state index in [-0.39, 0.29) is 12.5 Å². The van der Waals surface area contributed by atoms with Crippen molar-refractivity contribution in [1.82, 2.24) is 5.32 Å². The second-order valence-electron chi connectivity index (χ2n) is 15.1. The maximum Gasteiger partial charge on any atom is 0.220 e. The molecule has 1 aliphatic heterocycles. The Labute approximate surface area is 340 Å². The molecule has 7 atom stereocenters. The van der Waals surface area contributed by atoms with Gasteiger partial charge in [0, 0.05) is 6.42 Å². The predicted octanol–water partition coefficient (Wildman–Crippen LogP) is 9.00. The second-order valence-corrected chi connectivity index (χ2v) is 15.1. The molecule has 1 fully saturated rings. The fraction of sp³-hybridized carbons (Fsp3) is 0.723. The summed E-state index contributed by atoms with van der Waals surface area (Å²) in [6.07, 6.45) is 42.2. The molecule has 0 saturated carbocycles. The van der Waals surface area contributed by atoms with E-state index in [1.54, 1.807) is 6.08 Å². The number of hydrogen-bond donors (Lipinski definition) is 6. The van der Waals surface area contributed by atoms with Crippen LogP contribution in [0.25, 0.3) is 0 Å². The molecule has 1 amide bonds. The van der Waals surface area contributed by atoms with Gasteiger partial charge in [-0.25, -0.2) is 0 Å². The van der Waals surface area contributed by atoms with Crippen molar-refractivity contribution in [3.63, 3.8) is 0 Å². The summed E-state index contributed by atoms with van der Waals surface area (Å²) in [5, 5.41) is 54.1. The molecule has 0 aromatic rings. The normalized spacial score (nSPS) is 21.9. The van der Waals surface area contributed by atoms with Gasteiger partial charge in [-0.15, -0.1) is 0 Å². The molecule has 6 N–H and O–H groups in total. The Kier molecular flexibility index (Phi) is 34.1. The summed E-state index contributed by atoms with van der Waals surface area (Å²) in [5.74, 6) is -0.201. The van der Waals surface area contributed by atoms with Crippen LogP contribution in [-0.2, 0) is 14.3 Å². The van der Waals surface area contributed by atoms with Gasteiger partial charge in [-0.1, -0.05) is 164 Å². The maximum absolute atomic E-state index is 12.9. The van der Waals surface area contributed by atoms with E-state index in [4.69, 9.17) is 9.47 Å². The van der Waals surface area contributed by atoms with Gasteiger partial charge in [-0.05, 0) is 64.2 Å². The third-order valence-electron chi connectivity index (χ3n) is 10.0. The van der Waals surface area contributed by atoms with Gasteiger partial charge in [-0.3, -0.25) is 4.79 Å². The van der Waals surface area contributed by atoms with Crippen molar-refractivity contribution in [2.75, 3.05) is 13.2 Å². The zero-order valence-electron chi connectivity index (χ0n) is 35.1. The number of allylic oxidation sites excluding steroid dienone is 11. The highest BCUT2D eigenvalue weighted by atomic mass is 16.7. The van der Waals surface area contributed by atoms with E-state index >= 15 is 0 Å². The van der Waals surface area contributed by atoms with Gasteiger partial charge in [0.15, 0.2) is 6.29 Å². The number of rotatable bonds is 35. The van der Waals surface area contributed by atoms with E-state index in [1.165, 1.54) is 51.4 Å². The molecule has 0 bridgehead atoms. The number of nitrogens with one attached hydrogen (secondary N) is 1. The minimum atomic E-state index is -1.57. The number of aliphatic hydroxyl groups is 5. The van der Waals surface area contributed by atoms with Crippen LogP contribution in [0.4, 0.5) is 0 Å². The molecule has 0 aliphatic carbocycles. The van der Waals surface area contributed by atoms with Gasteiger partial charge < -0.3 is 40.3 Å². The van der Waals surface area contributed by atoms with Crippen LogP contribution in [0.15, 0.2) is 72.9 Å². The van der Waals surface area contributed by atoms with E-state index in [9.17, 15) is 30.3 Å². The Morgan fingerprint density at radius 2 is 1.11 bits per heavy atom. The highest BCUT2D eigenvalue weighted by molar-refractivity contribution is 5.76. The SMILES string of the molecule is CC/C=C\C/C=C\C/C=C\C/C=C\C/C=C\CCCCCCCC(=O)NC(COC1OC(CO)C(O)C(O)C1O)C(O)/C=C/CCCCCCCCCCCC. The smallest absolute Gasteiger partial charge is 0.220 e. The lowest BCUT2D eigenvalue weighted by Gasteiger charge is -2.40. The monoisotopic (exact) mass is 788 g/mol. The molecule has 1 heterocycles. The molecule has 1 rings (SSSR count).